The smallest absolute Gasteiger partial charge is 0.149 e. The quantitative estimate of drug-likeness (QED) is 0.714. The lowest BCUT2D eigenvalue weighted by Crippen LogP contribution is -2.06. The van der Waals surface area contributed by atoms with Crippen LogP contribution in [0.15, 0.2) is 39.2 Å². The van der Waals surface area contributed by atoms with Crippen molar-refractivity contribution < 1.29 is 4.42 Å². The van der Waals surface area contributed by atoms with Crippen molar-refractivity contribution in [2.75, 3.05) is 7.05 Å². The molecule has 1 heterocycles. The summed E-state index contributed by atoms with van der Waals surface area (Å²) in [6.07, 6.45) is 0. The molecule has 0 bridgehead atoms. The molecule has 1 aromatic heterocycles. The molecular weight excluding hydrogens is 314 g/mol. The van der Waals surface area contributed by atoms with E-state index in [1.165, 1.54) is 21.7 Å². The van der Waals surface area contributed by atoms with Crippen LogP contribution in [0.3, 0.4) is 0 Å². The topological polar surface area (TPSA) is 25.2 Å². The predicted molar refractivity (Wildman–Crippen MR) is 88.3 cm³/mol. The van der Waals surface area contributed by atoms with Crippen molar-refractivity contribution in [3.8, 4) is 0 Å². The maximum atomic E-state index is 6.13. The molecule has 2 nitrogen and oxygen atoms in total. The highest BCUT2D eigenvalue weighted by Gasteiger charge is 2.19. The maximum Gasteiger partial charge on any atom is 0.149 e. The molecule has 20 heavy (non-hydrogen) atoms. The SMILES string of the molecule is CNCc1oc2c(Br)c3ccccc3cc2c1C(C)C. The first-order valence-corrected chi connectivity index (χ1v) is 7.70. The number of furan rings is 1. The van der Waals surface area contributed by atoms with Crippen molar-refractivity contribution in [3.63, 3.8) is 0 Å². The van der Waals surface area contributed by atoms with Crippen molar-refractivity contribution in [3.05, 3.63) is 46.1 Å². The highest BCUT2D eigenvalue weighted by molar-refractivity contribution is 9.10. The summed E-state index contributed by atoms with van der Waals surface area (Å²) in [6, 6.07) is 10.6. The van der Waals surface area contributed by atoms with Gasteiger partial charge in [0, 0.05) is 10.9 Å². The Balaban J connectivity index is 2.42. The van der Waals surface area contributed by atoms with Crippen LogP contribution in [0.5, 0.6) is 0 Å². The summed E-state index contributed by atoms with van der Waals surface area (Å²) in [5.41, 5.74) is 2.26. The lowest BCUT2D eigenvalue weighted by atomic mass is 9.97. The van der Waals surface area contributed by atoms with Crippen LogP contribution < -0.4 is 5.32 Å². The summed E-state index contributed by atoms with van der Waals surface area (Å²) >= 11 is 3.72. The van der Waals surface area contributed by atoms with Gasteiger partial charge in [0.1, 0.15) is 11.3 Å². The molecule has 3 heteroatoms. The Labute approximate surface area is 127 Å². The molecule has 0 aliphatic carbocycles. The van der Waals surface area contributed by atoms with Crippen LogP contribution in [0, 0.1) is 0 Å². The highest BCUT2D eigenvalue weighted by Crippen LogP contribution is 2.39. The van der Waals surface area contributed by atoms with Gasteiger partial charge in [-0.2, -0.15) is 0 Å². The first-order valence-electron chi connectivity index (χ1n) is 6.90. The average molecular weight is 332 g/mol. The molecular formula is C17H18BrNO. The number of nitrogens with one attached hydrogen (secondary N) is 1. The third kappa shape index (κ3) is 2.05. The molecule has 2 aromatic carbocycles. The summed E-state index contributed by atoms with van der Waals surface area (Å²) in [5.74, 6) is 1.47. The van der Waals surface area contributed by atoms with Gasteiger partial charge in [0.05, 0.1) is 11.0 Å². The highest BCUT2D eigenvalue weighted by atomic mass is 79.9. The van der Waals surface area contributed by atoms with Crippen molar-refractivity contribution in [1.29, 1.82) is 0 Å². The molecule has 0 aliphatic heterocycles. The Bertz CT molecular complexity index is 773. The zero-order chi connectivity index (χ0) is 14.3. The van der Waals surface area contributed by atoms with Crippen molar-refractivity contribution in [2.24, 2.45) is 0 Å². The molecule has 0 saturated carbocycles. The maximum absolute atomic E-state index is 6.13. The van der Waals surface area contributed by atoms with Crippen LogP contribution >= 0.6 is 15.9 Å². The molecule has 3 aromatic rings. The first-order chi connectivity index (χ1) is 9.63. The number of halogens is 1. The third-order valence-corrected chi connectivity index (χ3v) is 4.46. The van der Waals surface area contributed by atoms with Gasteiger partial charge < -0.3 is 9.73 Å². The molecule has 0 fully saturated rings. The Morgan fingerprint density at radius 2 is 1.95 bits per heavy atom. The zero-order valence-electron chi connectivity index (χ0n) is 12.0. The van der Waals surface area contributed by atoms with Gasteiger partial charge >= 0.3 is 0 Å². The predicted octanol–water partition coefficient (Wildman–Crippen LogP) is 5.19. The second kappa shape index (κ2) is 5.23. The van der Waals surface area contributed by atoms with E-state index in [1.807, 2.05) is 7.05 Å². The van der Waals surface area contributed by atoms with E-state index in [9.17, 15) is 0 Å². The Morgan fingerprint density at radius 1 is 1.20 bits per heavy atom. The van der Waals surface area contributed by atoms with Gasteiger partial charge in [-0.1, -0.05) is 38.1 Å². The largest absolute Gasteiger partial charge is 0.458 e. The van der Waals surface area contributed by atoms with Gasteiger partial charge in [0.2, 0.25) is 0 Å². The number of fused-ring (bicyclic) bond motifs is 2. The fourth-order valence-electron chi connectivity index (χ4n) is 2.84. The molecule has 0 spiro atoms. The van der Waals surface area contributed by atoms with Gasteiger partial charge in [0.15, 0.2) is 0 Å². The number of benzene rings is 2. The molecule has 0 aliphatic rings. The lowest BCUT2D eigenvalue weighted by molar-refractivity contribution is 0.519. The van der Waals surface area contributed by atoms with Crippen molar-refractivity contribution in [2.45, 2.75) is 26.3 Å². The minimum absolute atomic E-state index is 0.438. The lowest BCUT2D eigenvalue weighted by Gasteiger charge is -2.06. The molecule has 3 rings (SSSR count). The summed E-state index contributed by atoms with van der Waals surface area (Å²) in [5, 5.41) is 6.85. The number of rotatable bonds is 3. The second-order valence-corrected chi connectivity index (χ2v) is 6.21. The normalized spacial score (nSPS) is 11.8. The van der Waals surface area contributed by atoms with E-state index in [0.717, 1.165) is 22.4 Å². The van der Waals surface area contributed by atoms with Crippen LogP contribution in [0.2, 0.25) is 0 Å². The zero-order valence-corrected chi connectivity index (χ0v) is 13.5. The minimum atomic E-state index is 0.438. The number of hydrogen-bond acceptors (Lipinski definition) is 2. The van der Waals surface area contributed by atoms with Gasteiger partial charge in [-0.3, -0.25) is 0 Å². The molecule has 1 N–H and O–H groups in total. The van der Waals surface area contributed by atoms with E-state index < -0.39 is 0 Å². The van der Waals surface area contributed by atoms with Crippen molar-refractivity contribution >= 4 is 37.7 Å². The minimum Gasteiger partial charge on any atom is -0.458 e. The standard InChI is InChI=1S/C17H18BrNO/c1-10(2)15-13-8-11-6-4-5-7-12(11)16(18)17(13)20-14(15)9-19-3/h4-8,10,19H,9H2,1-3H3. The van der Waals surface area contributed by atoms with Gasteiger partial charge in [0.25, 0.3) is 0 Å². The van der Waals surface area contributed by atoms with Crippen LogP contribution in [0.4, 0.5) is 0 Å². The van der Waals surface area contributed by atoms with Gasteiger partial charge in [-0.25, -0.2) is 0 Å². The Kier molecular flexibility index (Phi) is 3.57. The summed E-state index contributed by atoms with van der Waals surface area (Å²) in [7, 11) is 1.95. The van der Waals surface area contributed by atoms with Crippen LogP contribution in [-0.2, 0) is 6.54 Å². The Morgan fingerprint density at radius 3 is 2.65 bits per heavy atom. The van der Waals surface area contributed by atoms with Crippen molar-refractivity contribution in [1.82, 2.24) is 5.32 Å². The first kappa shape index (κ1) is 13.7. The van der Waals surface area contributed by atoms with E-state index in [-0.39, 0.29) is 0 Å². The van der Waals surface area contributed by atoms with E-state index >= 15 is 0 Å². The monoisotopic (exact) mass is 331 g/mol. The summed E-state index contributed by atoms with van der Waals surface area (Å²) in [4.78, 5) is 0. The van der Waals surface area contributed by atoms with E-state index in [1.54, 1.807) is 0 Å². The Hall–Kier alpha value is -1.32. The fraction of sp³-hybridized carbons (Fsp3) is 0.294. The molecule has 0 unspecified atom stereocenters. The average Bonchev–Trinajstić information content (AvgIpc) is 2.78. The third-order valence-electron chi connectivity index (χ3n) is 3.67. The molecule has 0 saturated heterocycles. The number of hydrogen-bond donors (Lipinski definition) is 1. The summed E-state index contributed by atoms with van der Waals surface area (Å²) in [6.45, 7) is 5.18. The van der Waals surface area contributed by atoms with Gasteiger partial charge in [-0.05, 0) is 45.7 Å². The van der Waals surface area contributed by atoms with Crippen LogP contribution in [-0.4, -0.2) is 7.05 Å². The van der Waals surface area contributed by atoms with Gasteiger partial charge in [-0.15, -0.1) is 0 Å². The van der Waals surface area contributed by atoms with E-state index in [4.69, 9.17) is 4.42 Å². The molecule has 0 atom stereocenters. The fourth-order valence-corrected chi connectivity index (χ4v) is 3.49. The summed E-state index contributed by atoms with van der Waals surface area (Å²) < 4.78 is 7.18. The molecule has 0 radical (unpaired) electrons. The van der Waals surface area contributed by atoms with E-state index in [0.29, 0.717) is 5.92 Å². The van der Waals surface area contributed by atoms with Crippen LogP contribution in [0.1, 0.15) is 31.1 Å². The second-order valence-electron chi connectivity index (χ2n) is 5.41. The van der Waals surface area contributed by atoms with E-state index in [2.05, 4.69) is 65.4 Å². The molecule has 0 amide bonds. The molecule has 104 valence electrons. The van der Waals surface area contributed by atoms with Crippen LogP contribution in [0.25, 0.3) is 21.7 Å².